The molecular weight excluding hydrogens is 176 g/mol. The number of rotatable bonds is 1. The summed E-state index contributed by atoms with van der Waals surface area (Å²) in [4.78, 5) is 0. The molecule has 1 aromatic rings. The number of nitrogen functional groups attached to an aromatic ring is 1. The Balaban J connectivity index is 2.20. The highest BCUT2D eigenvalue weighted by Crippen LogP contribution is 2.31. The van der Waals surface area contributed by atoms with Crippen LogP contribution < -0.4 is 11.5 Å². The highest BCUT2D eigenvalue weighted by atomic mass is 15.3. The Morgan fingerprint density at radius 1 is 1.43 bits per heavy atom. The number of anilines is 1. The lowest BCUT2D eigenvalue weighted by Crippen LogP contribution is -2.31. The molecule has 0 aliphatic heterocycles. The van der Waals surface area contributed by atoms with E-state index in [0.717, 1.165) is 24.4 Å². The van der Waals surface area contributed by atoms with E-state index in [1.165, 1.54) is 12.8 Å². The van der Waals surface area contributed by atoms with Gasteiger partial charge >= 0.3 is 0 Å². The second-order valence-corrected chi connectivity index (χ2v) is 4.17. The first kappa shape index (κ1) is 9.52. The predicted molar refractivity (Wildman–Crippen MR) is 56.8 cm³/mol. The van der Waals surface area contributed by atoms with Crippen LogP contribution >= 0.6 is 0 Å². The molecule has 2 unspecified atom stereocenters. The molecule has 1 aliphatic rings. The predicted octanol–water partition coefficient (Wildman–Crippen LogP) is 0.987. The van der Waals surface area contributed by atoms with Gasteiger partial charge in [0.1, 0.15) is 5.82 Å². The highest BCUT2D eigenvalue weighted by Gasteiger charge is 2.25. The Morgan fingerprint density at radius 3 is 2.71 bits per heavy atom. The minimum atomic E-state index is 0.262. The van der Waals surface area contributed by atoms with Crippen LogP contribution in [-0.2, 0) is 7.05 Å². The summed E-state index contributed by atoms with van der Waals surface area (Å²) in [6.07, 6.45) is 4.77. The molecule has 0 amide bonds. The fourth-order valence-corrected chi connectivity index (χ4v) is 2.21. The number of hydrogen-bond donors (Lipinski definition) is 2. The molecule has 0 spiro atoms. The Morgan fingerprint density at radius 2 is 2.14 bits per heavy atom. The summed E-state index contributed by atoms with van der Waals surface area (Å²) in [5.41, 5.74) is 12.9. The molecule has 14 heavy (non-hydrogen) atoms. The van der Waals surface area contributed by atoms with Crippen LogP contribution in [0.15, 0.2) is 6.07 Å². The first-order valence-electron chi connectivity index (χ1n) is 5.23. The molecular formula is C10H18N4. The maximum atomic E-state index is 6.08. The molecule has 0 saturated heterocycles. The van der Waals surface area contributed by atoms with Crippen molar-refractivity contribution in [2.45, 2.75) is 37.6 Å². The van der Waals surface area contributed by atoms with Gasteiger partial charge in [-0.05, 0) is 12.8 Å². The quantitative estimate of drug-likeness (QED) is 0.700. The van der Waals surface area contributed by atoms with E-state index >= 15 is 0 Å². The van der Waals surface area contributed by atoms with E-state index in [1.807, 2.05) is 13.1 Å². The van der Waals surface area contributed by atoms with E-state index in [2.05, 4.69) is 5.10 Å². The second-order valence-electron chi connectivity index (χ2n) is 4.17. The zero-order valence-electron chi connectivity index (χ0n) is 8.61. The minimum Gasteiger partial charge on any atom is -0.384 e. The second kappa shape index (κ2) is 3.61. The van der Waals surface area contributed by atoms with Gasteiger partial charge in [0.05, 0.1) is 5.69 Å². The maximum absolute atomic E-state index is 6.08. The molecule has 0 bridgehead atoms. The third-order valence-electron chi connectivity index (χ3n) is 3.13. The van der Waals surface area contributed by atoms with Gasteiger partial charge in [-0.1, -0.05) is 12.8 Å². The van der Waals surface area contributed by atoms with Crippen molar-refractivity contribution in [3.05, 3.63) is 11.8 Å². The summed E-state index contributed by atoms with van der Waals surface area (Å²) >= 11 is 0. The van der Waals surface area contributed by atoms with Crippen LogP contribution in [0.5, 0.6) is 0 Å². The average Bonchev–Trinajstić information content (AvgIpc) is 2.48. The van der Waals surface area contributed by atoms with E-state index < -0.39 is 0 Å². The van der Waals surface area contributed by atoms with Crippen molar-refractivity contribution in [2.75, 3.05) is 5.73 Å². The summed E-state index contributed by atoms with van der Waals surface area (Å²) in [6.45, 7) is 0. The lowest BCUT2D eigenvalue weighted by atomic mass is 9.83. The van der Waals surface area contributed by atoms with Crippen LogP contribution in [0.3, 0.4) is 0 Å². The van der Waals surface area contributed by atoms with Gasteiger partial charge < -0.3 is 11.5 Å². The van der Waals surface area contributed by atoms with E-state index in [0.29, 0.717) is 5.92 Å². The smallest absolute Gasteiger partial charge is 0.121 e. The fraction of sp³-hybridized carbons (Fsp3) is 0.700. The number of hydrogen-bond acceptors (Lipinski definition) is 3. The van der Waals surface area contributed by atoms with Gasteiger partial charge in [-0.2, -0.15) is 5.10 Å². The summed E-state index contributed by atoms with van der Waals surface area (Å²) in [6, 6.07) is 2.22. The number of nitrogens with two attached hydrogens (primary N) is 2. The van der Waals surface area contributed by atoms with Gasteiger partial charge in [-0.25, -0.2) is 0 Å². The molecule has 1 fully saturated rings. The van der Waals surface area contributed by atoms with Crippen molar-refractivity contribution in [3.63, 3.8) is 0 Å². The van der Waals surface area contributed by atoms with Gasteiger partial charge in [0.15, 0.2) is 0 Å². The van der Waals surface area contributed by atoms with Crippen molar-refractivity contribution >= 4 is 5.82 Å². The van der Waals surface area contributed by atoms with E-state index in [-0.39, 0.29) is 6.04 Å². The third-order valence-corrected chi connectivity index (χ3v) is 3.13. The molecule has 4 heteroatoms. The first-order chi connectivity index (χ1) is 6.68. The molecule has 1 saturated carbocycles. The summed E-state index contributed by atoms with van der Waals surface area (Å²) in [5.74, 6) is 1.13. The molecule has 2 rings (SSSR count). The molecule has 78 valence electrons. The standard InChI is InChI=1S/C10H18N4/c1-14-10(12)6-9(13-14)7-4-2-3-5-8(7)11/h6-8H,2-5,11-12H2,1H3. The van der Waals surface area contributed by atoms with Crippen LogP contribution in [0, 0.1) is 0 Å². The van der Waals surface area contributed by atoms with Crippen molar-refractivity contribution in [3.8, 4) is 0 Å². The lowest BCUT2D eigenvalue weighted by Gasteiger charge is -2.26. The van der Waals surface area contributed by atoms with Crippen LogP contribution in [0.2, 0.25) is 0 Å². The highest BCUT2D eigenvalue weighted by molar-refractivity contribution is 5.32. The van der Waals surface area contributed by atoms with Crippen LogP contribution in [-0.4, -0.2) is 15.8 Å². The molecule has 4 nitrogen and oxygen atoms in total. The van der Waals surface area contributed by atoms with Gasteiger partial charge in [-0.3, -0.25) is 4.68 Å². The zero-order chi connectivity index (χ0) is 10.1. The monoisotopic (exact) mass is 194 g/mol. The molecule has 2 atom stereocenters. The molecule has 1 aliphatic carbocycles. The van der Waals surface area contributed by atoms with Crippen molar-refractivity contribution in [1.82, 2.24) is 9.78 Å². The van der Waals surface area contributed by atoms with Crippen molar-refractivity contribution < 1.29 is 0 Å². The first-order valence-corrected chi connectivity index (χ1v) is 5.23. The van der Waals surface area contributed by atoms with E-state index in [9.17, 15) is 0 Å². The van der Waals surface area contributed by atoms with Crippen LogP contribution in [0.1, 0.15) is 37.3 Å². The molecule has 0 radical (unpaired) electrons. The number of nitrogens with zero attached hydrogens (tertiary/aromatic N) is 2. The summed E-state index contributed by atoms with van der Waals surface area (Å²) < 4.78 is 1.72. The van der Waals surface area contributed by atoms with Gasteiger partial charge in [0.25, 0.3) is 0 Å². The maximum Gasteiger partial charge on any atom is 0.121 e. The van der Waals surface area contributed by atoms with Crippen LogP contribution in [0.25, 0.3) is 0 Å². The van der Waals surface area contributed by atoms with Crippen molar-refractivity contribution in [2.24, 2.45) is 12.8 Å². The number of aromatic nitrogens is 2. The molecule has 0 aromatic carbocycles. The van der Waals surface area contributed by atoms with E-state index in [1.54, 1.807) is 4.68 Å². The van der Waals surface area contributed by atoms with Gasteiger partial charge in [0, 0.05) is 25.1 Å². The number of aryl methyl sites for hydroxylation is 1. The summed E-state index contributed by atoms with van der Waals surface area (Å²) in [7, 11) is 1.87. The molecule has 1 aromatic heterocycles. The van der Waals surface area contributed by atoms with Gasteiger partial charge in [-0.15, -0.1) is 0 Å². The minimum absolute atomic E-state index is 0.262. The molecule has 4 N–H and O–H groups in total. The van der Waals surface area contributed by atoms with Gasteiger partial charge in [0.2, 0.25) is 0 Å². The van der Waals surface area contributed by atoms with Crippen molar-refractivity contribution in [1.29, 1.82) is 0 Å². The average molecular weight is 194 g/mol. The fourth-order valence-electron chi connectivity index (χ4n) is 2.21. The Hall–Kier alpha value is -1.03. The Labute approximate surface area is 84.3 Å². The largest absolute Gasteiger partial charge is 0.384 e. The Kier molecular flexibility index (Phi) is 2.46. The lowest BCUT2D eigenvalue weighted by molar-refractivity contribution is 0.377. The Bertz CT molecular complexity index is 298. The summed E-state index contributed by atoms with van der Waals surface area (Å²) in [5, 5.41) is 4.40. The SMILES string of the molecule is Cn1nc(C2CCCCC2N)cc1N. The third kappa shape index (κ3) is 1.62. The normalized spacial score (nSPS) is 27.9. The topological polar surface area (TPSA) is 69.9 Å². The zero-order valence-corrected chi connectivity index (χ0v) is 8.61. The van der Waals surface area contributed by atoms with Crippen LogP contribution in [0.4, 0.5) is 5.82 Å². The van der Waals surface area contributed by atoms with E-state index in [4.69, 9.17) is 11.5 Å². The molecule has 1 heterocycles.